The van der Waals surface area contributed by atoms with Gasteiger partial charge in [-0.3, -0.25) is 0 Å². The number of esters is 2. The van der Waals surface area contributed by atoms with Crippen molar-refractivity contribution >= 4 is 107 Å². The zero-order chi connectivity index (χ0) is 43.6. The molecule has 0 aliphatic heterocycles. The van der Waals surface area contributed by atoms with Crippen LogP contribution in [0.25, 0.3) is 20.4 Å². The second kappa shape index (κ2) is 19.2. The lowest BCUT2D eigenvalue weighted by Crippen LogP contribution is -2.32. The molecule has 1 N–H and O–H groups in total. The van der Waals surface area contributed by atoms with Crippen LogP contribution in [-0.4, -0.2) is 73.7 Å². The van der Waals surface area contributed by atoms with Gasteiger partial charge in [-0.2, -0.15) is 43.2 Å². The topological polar surface area (TPSA) is 195 Å². The van der Waals surface area contributed by atoms with Gasteiger partial charge in [0.25, 0.3) is 0 Å². The highest BCUT2D eigenvalue weighted by Gasteiger charge is 2.51. The summed E-state index contributed by atoms with van der Waals surface area (Å²) in [6.45, 7) is 10.9. The molecular weight excluding hydrogens is 1010 g/mol. The van der Waals surface area contributed by atoms with Crippen molar-refractivity contribution < 1.29 is 80.5 Å². The molecule has 326 valence electrons. The van der Waals surface area contributed by atoms with Crippen LogP contribution in [0.15, 0.2) is 20.0 Å². The zero-order valence-electron chi connectivity index (χ0n) is 30.4. The molecule has 2 aromatic carbocycles. The van der Waals surface area contributed by atoms with Crippen molar-refractivity contribution in [3.05, 3.63) is 42.2 Å². The van der Waals surface area contributed by atoms with Crippen molar-refractivity contribution in [3.8, 4) is 11.5 Å². The first-order valence-electron chi connectivity index (χ1n) is 15.9. The number of aliphatic hydroxyl groups is 1. The van der Waals surface area contributed by atoms with E-state index in [-0.39, 0.29) is 65.6 Å². The maximum absolute atomic E-state index is 13.1. The summed E-state index contributed by atoms with van der Waals surface area (Å²) < 4.78 is 149. The third-order valence-corrected chi connectivity index (χ3v) is 12.4. The molecule has 0 saturated heterocycles. The molecule has 0 bridgehead atoms. The van der Waals surface area contributed by atoms with Crippen LogP contribution in [-0.2, 0) is 44.0 Å². The first-order chi connectivity index (χ1) is 26.0. The standard InChI is InChI=1S/C18H21BrF3NO6S2.C13H11BrF3NO6S2.CH4/c1-6-17(4,5)28-13(15(24)27-7-2)11-9(3)8-10-14(30-16(19)23-10)12(11)29-31(25,26)18(20,21)22;1-3-23-11(20)8(19)7-5(2)4-6-10(25-12(14)18-6)9(7)24-26(21,22)13(15,16)17;/h8,13H,6-7H2,1-5H3;4,8,19H,3H2,1-2H3;1H4/t13-;8-;/m00./s1. The molecule has 0 aliphatic carbocycles. The number of fused-ring (bicyclic) bond motifs is 2. The minimum absolute atomic E-state index is 0. The van der Waals surface area contributed by atoms with Crippen molar-refractivity contribution in [2.75, 3.05) is 13.2 Å². The minimum atomic E-state index is -6.04. The van der Waals surface area contributed by atoms with Gasteiger partial charge >= 0.3 is 43.2 Å². The van der Waals surface area contributed by atoms with Gasteiger partial charge in [0.15, 0.2) is 31.5 Å². The number of alkyl halides is 6. The fourth-order valence-electron chi connectivity index (χ4n) is 4.63. The molecule has 2 aromatic heterocycles. The van der Waals surface area contributed by atoms with Gasteiger partial charge < -0.3 is 27.7 Å². The molecule has 0 radical (unpaired) electrons. The molecule has 26 heteroatoms. The summed E-state index contributed by atoms with van der Waals surface area (Å²) in [5.74, 6) is -3.53. The highest BCUT2D eigenvalue weighted by atomic mass is 79.9. The number of nitrogens with zero attached hydrogens (tertiary/aromatic N) is 2. The molecule has 0 amide bonds. The van der Waals surface area contributed by atoms with Crippen LogP contribution < -0.4 is 8.37 Å². The number of aromatic nitrogens is 2. The fraction of sp³-hybridized carbons (Fsp3) is 0.500. The van der Waals surface area contributed by atoms with Crippen LogP contribution in [0.3, 0.4) is 0 Å². The van der Waals surface area contributed by atoms with Crippen molar-refractivity contribution in [2.45, 2.75) is 91.1 Å². The minimum Gasteiger partial charge on any atom is -0.464 e. The van der Waals surface area contributed by atoms with Crippen molar-refractivity contribution in [1.82, 2.24) is 9.97 Å². The van der Waals surface area contributed by atoms with Gasteiger partial charge in [0.1, 0.15) is 0 Å². The first-order valence-corrected chi connectivity index (χ1v) is 22.0. The summed E-state index contributed by atoms with van der Waals surface area (Å²) in [7, 11) is -12.1. The van der Waals surface area contributed by atoms with Crippen LogP contribution in [0.4, 0.5) is 26.3 Å². The van der Waals surface area contributed by atoms with E-state index in [4.69, 9.17) is 9.47 Å². The molecule has 4 aromatic rings. The normalized spacial score (nSPS) is 13.6. The Bertz CT molecular complexity index is 2370. The Hall–Kier alpha value is -2.88. The van der Waals surface area contributed by atoms with E-state index in [1.807, 2.05) is 0 Å². The second-order valence-corrected chi connectivity index (χ2v) is 19.6. The highest BCUT2D eigenvalue weighted by Crippen LogP contribution is 2.46. The number of aliphatic hydroxyl groups excluding tert-OH is 1. The van der Waals surface area contributed by atoms with E-state index in [1.54, 1.807) is 27.7 Å². The van der Waals surface area contributed by atoms with Gasteiger partial charge in [-0.15, -0.1) is 22.7 Å². The lowest BCUT2D eigenvalue weighted by Gasteiger charge is -2.30. The van der Waals surface area contributed by atoms with Crippen molar-refractivity contribution in [2.24, 2.45) is 0 Å². The highest BCUT2D eigenvalue weighted by molar-refractivity contribution is 9.11. The van der Waals surface area contributed by atoms with Gasteiger partial charge in [-0.25, -0.2) is 19.6 Å². The number of aryl methyl sites for hydroxylation is 2. The average Bonchev–Trinajstić information content (AvgIpc) is 3.63. The lowest BCUT2D eigenvalue weighted by atomic mass is 9.99. The van der Waals surface area contributed by atoms with E-state index in [2.05, 4.69) is 54.9 Å². The average molecular weight is 1040 g/mol. The summed E-state index contributed by atoms with van der Waals surface area (Å²) in [4.78, 5) is 32.7. The van der Waals surface area contributed by atoms with Crippen LogP contribution in [0.2, 0.25) is 0 Å². The van der Waals surface area contributed by atoms with Gasteiger partial charge in [-0.05, 0) is 103 Å². The van der Waals surface area contributed by atoms with Crippen molar-refractivity contribution in [1.29, 1.82) is 0 Å². The van der Waals surface area contributed by atoms with E-state index >= 15 is 0 Å². The van der Waals surface area contributed by atoms with E-state index in [0.717, 1.165) is 22.7 Å². The molecule has 0 spiro atoms. The molecule has 4 rings (SSSR count). The number of rotatable bonds is 13. The predicted octanol–water partition coefficient (Wildman–Crippen LogP) is 9.23. The van der Waals surface area contributed by atoms with Crippen LogP contribution >= 0.6 is 54.5 Å². The van der Waals surface area contributed by atoms with Gasteiger partial charge in [0.2, 0.25) is 0 Å². The first kappa shape index (κ1) is 51.3. The Morgan fingerprint density at radius 1 is 0.759 bits per heavy atom. The molecule has 0 unspecified atom stereocenters. The van der Waals surface area contributed by atoms with E-state index in [1.165, 1.54) is 32.9 Å². The van der Waals surface area contributed by atoms with Crippen LogP contribution in [0.5, 0.6) is 11.5 Å². The Kier molecular flexibility index (Phi) is 17.0. The zero-order valence-corrected chi connectivity index (χ0v) is 36.9. The molecule has 58 heavy (non-hydrogen) atoms. The molecule has 2 heterocycles. The van der Waals surface area contributed by atoms with Gasteiger partial charge in [-0.1, -0.05) is 14.4 Å². The van der Waals surface area contributed by atoms with Gasteiger partial charge in [0.05, 0.1) is 39.2 Å². The van der Waals surface area contributed by atoms with Crippen LogP contribution in [0.1, 0.15) is 82.9 Å². The Balaban J connectivity index is 0.000000399. The smallest absolute Gasteiger partial charge is 0.464 e. The number of carbonyl (C=O) groups is 2. The quantitative estimate of drug-likeness (QED) is 0.0576. The fourth-order valence-corrected chi connectivity index (χ4v) is 8.59. The van der Waals surface area contributed by atoms with Crippen LogP contribution in [0, 0.1) is 13.8 Å². The van der Waals surface area contributed by atoms with E-state index < -0.39 is 78.1 Å². The van der Waals surface area contributed by atoms with Gasteiger partial charge in [0, 0.05) is 11.1 Å². The van der Waals surface area contributed by atoms with E-state index in [0.29, 0.717) is 6.42 Å². The molecule has 0 fully saturated rings. The number of hydrogen-bond acceptors (Lipinski definition) is 16. The third-order valence-electron chi connectivity index (χ3n) is 7.50. The Morgan fingerprint density at radius 2 is 1.14 bits per heavy atom. The SMILES string of the molecule is C.CCOC(=O)[C@@H](O)c1c(C)cc2nc(Br)sc2c1OS(=O)(=O)C(F)(F)F.CCOC(=O)[C@@H](OC(C)(C)CC)c1c(C)cc2nc(Br)sc2c1OS(=O)(=O)C(F)(F)F. The Labute approximate surface area is 353 Å². The maximum Gasteiger partial charge on any atom is 0.534 e. The largest absolute Gasteiger partial charge is 0.534 e. The van der Waals surface area contributed by atoms with E-state index in [9.17, 15) is 57.9 Å². The maximum atomic E-state index is 13.1. The third kappa shape index (κ3) is 11.7. The number of thiazole rings is 2. The number of ether oxygens (including phenoxy) is 3. The Morgan fingerprint density at radius 3 is 1.52 bits per heavy atom. The molecular formula is C32H36Br2F6N2O12S4. The second-order valence-electron chi connectivity index (χ2n) is 12.0. The summed E-state index contributed by atoms with van der Waals surface area (Å²) in [5, 5.41) is 10.2. The summed E-state index contributed by atoms with van der Waals surface area (Å²) in [6, 6.07) is 2.88. The molecule has 0 saturated carbocycles. The number of benzene rings is 2. The monoisotopic (exact) mass is 1040 g/mol. The summed E-state index contributed by atoms with van der Waals surface area (Å²) in [6.07, 6.45) is -3.12. The summed E-state index contributed by atoms with van der Waals surface area (Å²) >= 11 is 7.82. The predicted molar refractivity (Wildman–Crippen MR) is 208 cm³/mol. The number of carbonyl (C=O) groups excluding carboxylic acids is 2. The van der Waals surface area contributed by atoms with Crippen molar-refractivity contribution in [3.63, 3.8) is 0 Å². The number of hydrogen-bond donors (Lipinski definition) is 1. The molecule has 2 atom stereocenters. The number of halogens is 8. The summed E-state index contributed by atoms with van der Waals surface area (Å²) in [5.41, 5.74) is -12.2. The lowest BCUT2D eigenvalue weighted by molar-refractivity contribution is -0.168. The molecule has 14 nitrogen and oxygen atoms in total. The molecule has 0 aliphatic rings.